The van der Waals surface area contributed by atoms with Crippen LogP contribution in [0.1, 0.15) is 30.6 Å². The van der Waals surface area contributed by atoms with Crippen molar-refractivity contribution in [1.82, 2.24) is 4.72 Å². The Kier molecular flexibility index (Phi) is 4.74. The quantitative estimate of drug-likeness (QED) is 0.540. The lowest BCUT2D eigenvalue weighted by Crippen LogP contribution is -2.40. The highest BCUT2D eigenvalue weighted by atomic mass is 32.2. The van der Waals surface area contributed by atoms with E-state index in [4.69, 9.17) is 11.5 Å². The summed E-state index contributed by atoms with van der Waals surface area (Å²) in [6.45, 7) is 3.13. The van der Waals surface area contributed by atoms with E-state index in [9.17, 15) is 18.3 Å². The molecule has 1 aromatic rings. The SMILES string of the molecule is CCC(C)(O)CNS(=O)(=O)c1ccc(C(N)=O)cc1N. The smallest absolute Gasteiger partial charge is 0.248 e. The normalized spacial score (nSPS) is 14.8. The van der Waals surface area contributed by atoms with Crippen LogP contribution in [0.2, 0.25) is 0 Å². The summed E-state index contributed by atoms with van der Waals surface area (Å²) in [4.78, 5) is 10.8. The Morgan fingerprint density at radius 3 is 2.50 bits per heavy atom. The van der Waals surface area contributed by atoms with Gasteiger partial charge in [0.25, 0.3) is 0 Å². The van der Waals surface area contributed by atoms with Gasteiger partial charge in [-0.2, -0.15) is 0 Å². The summed E-state index contributed by atoms with van der Waals surface area (Å²) in [6, 6.07) is 3.69. The molecule has 0 aliphatic heterocycles. The predicted octanol–water partition coefficient (Wildman–Crippen LogP) is -0.193. The molecule has 0 aromatic heterocycles. The molecule has 0 bridgehead atoms. The van der Waals surface area contributed by atoms with Crippen molar-refractivity contribution in [1.29, 1.82) is 0 Å². The maximum Gasteiger partial charge on any atom is 0.248 e. The number of nitrogens with two attached hydrogens (primary N) is 2. The Labute approximate surface area is 118 Å². The van der Waals surface area contributed by atoms with Crippen LogP contribution in [-0.2, 0) is 10.0 Å². The van der Waals surface area contributed by atoms with Crippen molar-refractivity contribution in [2.75, 3.05) is 12.3 Å². The highest BCUT2D eigenvalue weighted by Crippen LogP contribution is 2.20. The number of carbonyl (C=O) groups excluding carboxylic acids is 1. The van der Waals surface area contributed by atoms with Gasteiger partial charge in [0.05, 0.1) is 11.3 Å². The lowest BCUT2D eigenvalue weighted by molar-refractivity contribution is 0.0613. The number of nitrogen functional groups attached to an aromatic ring is 1. The predicted molar refractivity (Wildman–Crippen MR) is 75.5 cm³/mol. The van der Waals surface area contributed by atoms with Gasteiger partial charge in [-0.1, -0.05) is 6.92 Å². The van der Waals surface area contributed by atoms with E-state index in [1.807, 2.05) is 0 Å². The Morgan fingerprint density at radius 1 is 1.45 bits per heavy atom. The molecule has 1 atom stereocenters. The molecule has 0 aliphatic rings. The first-order valence-electron chi connectivity index (χ1n) is 6.00. The van der Waals surface area contributed by atoms with Crippen molar-refractivity contribution in [2.45, 2.75) is 30.8 Å². The van der Waals surface area contributed by atoms with Gasteiger partial charge < -0.3 is 16.6 Å². The first-order chi connectivity index (χ1) is 9.09. The number of rotatable bonds is 6. The average Bonchev–Trinajstić information content (AvgIpc) is 2.36. The molecule has 0 saturated heterocycles. The molecular formula is C12H19N3O4S. The van der Waals surface area contributed by atoms with Gasteiger partial charge in [0, 0.05) is 12.1 Å². The number of hydrogen-bond donors (Lipinski definition) is 4. The number of amides is 1. The zero-order valence-corrected chi connectivity index (χ0v) is 12.2. The van der Waals surface area contributed by atoms with Crippen molar-refractivity contribution < 1.29 is 18.3 Å². The Hall–Kier alpha value is -1.64. The fourth-order valence-electron chi connectivity index (χ4n) is 1.40. The first kappa shape index (κ1) is 16.4. The molecule has 1 amide bonds. The third kappa shape index (κ3) is 3.92. The third-order valence-electron chi connectivity index (χ3n) is 2.99. The number of sulfonamides is 1. The largest absolute Gasteiger partial charge is 0.398 e. The van der Waals surface area contributed by atoms with Crippen LogP contribution in [0, 0.1) is 0 Å². The molecule has 6 N–H and O–H groups in total. The van der Waals surface area contributed by atoms with Crippen molar-refractivity contribution in [3.8, 4) is 0 Å². The minimum atomic E-state index is -3.86. The van der Waals surface area contributed by atoms with Gasteiger partial charge in [-0.25, -0.2) is 13.1 Å². The van der Waals surface area contributed by atoms with E-state index in [1.54, 1.807) is 6.92 Å². The summed E-state index contributed by atoms with van der Waals surface area (Å²) in [5.41, 5.74) is 9.61. The zero-order chi connectivity index (χ0) is 15.6. The molecule has 8 heteroatoms. The number of hydrogen-bond acceptors (Lipinski definition) is 5. The Bertz CT molecular complexity index is 611. The number of nitrogens with one attached hydrogen (secondary N) is 1. The minimum absolute atomic E-state index is 0.0788. The fourth-order valence-corrected chi connectivity index (χ4v) is 2.67. The van der Waals surface area contributed by atoms with Crippen molar-refractivity contribution in [3.63, 3.8) is 0 Å². The third-order valence-corrected chi connectivity index (χ3v) is 4.46. The number of anilines is 1. The van der Waals surface area contributed by atoms with Gasteiger partial charge in [-0.3, -0.25) is 4.79 Å². The van der Waals surface area contributed by atoms with Crippen LogP contribution in [-0.4, -0.2) is 31.6 Å². The van der Waals surface area contributed by atoms with Crippen LogP contribution in [0.3, 0.4) is 0 Å². The van der Waals surface area contributed by atoms with E-state index >= 15 is 0 Å². The summed E-state index contributed by atoms with van der Waals surface area (Å²) in [6.07, 6.45) is 0.394. The Balaban J connectivity index is 3.02. The molecule has 0 saturated carbocycles. The van der Waals surface area contributed by atoms with Gasteiger partial charge in [-0.15, -0.1) is 0 Å². The van der Waals surface area contributed by atoms with E-state index in [0.29, 0.717) is 6.42 Å². The number of primary amides is 1. The van der Waals surface area contributed by atoms with E-state index < -0.39 is 21.5 Å². The molecule has 0 radical (unpaired) electrons. The van der Waals surface area contributed by atoms with Crippen molar-refractivity contribution >= 4 is 21.6 Å². The van der Waals surface area contributed by atoms with Crippen LogP contribution in [0.4, 0.5) is 5.69 Å². The van der Waals surface area contributed by atoms with Gasteiger partial charge in [-0.05, 0) is 31.5 Å². The van der Waals surface area contributed by atoms with Gasteiger partial charge in [0.1, 0.15) is 4.90 Å². The number of aliphatic hydroxyl groups is 1. The van der Waals surface area contributed by atoms with Crippen molar-refractivity contribution in [3.05, 3.63) is 23.8 Å². The van der Waals surface area contributed by atoms with Crippen LogP contribution in [0.15, 0.2) is 23.1 Å². The zero-order valence-electron chi connectivity index (χ0n) is 11.4. The van der Waals surface area contributed by atoms with E-state index in [1.165, 1.54) is 25.1 Å². The van der Waals surface area contributed by atoms with Crippen LogP contribution in [0.25, 0.3) is 0 Å². The fraction of sp³-hybridized carbons (Fsp3) is 0.417. The Morgan fingerprint density at radius 2 is 2.05 bits per heavy atom. The maximum absolute atomic E-state index is 12.1. The molecule has 0 heterocycles. The molecule has 1 unspecified atom stereocenters. The highest BCUT2D eigenvalue weighted by Gasteiger charge is 2.24. The number of benzene rings is 1. The second kappa shape index (κ2) is 5.78. The summed E-state index contributed by atoms with van der Waals surface area (Å²) < 4.78 is 26.4. The second-order valence-electron chi connectivity index (χ2n) is 4.79. The topological polar surface area (TPSA) is 136 Å². The van der Waals surface area contributed by atoms with Gasteiger partial charge in [0.2, 0.25) is 15.9 Å². The summed E-state index contributed by atoms with van der Waals surface area (Å²) in [5.74, 6) is -0.692. The minimum Gasteiger partial charge on any atom is -0.398 e. The molecular weight excluding hydrogens is 282 g/mol. The molecule has 1 aromatic carbocycles. The van der Waals surface area contributed by atoms with Crippen LogP contribution < -0.4 is 16.2 Å². The van der Waals surface area contributed by atoms with E-state index in [-0.39, 0.29) is 22.7 Å². The van der Waals surface area contributed by atoms with Crippen LogP contribution in [0.5, 0.6) is 0 Å². The molecule has 0 spiro atoms. The molecule has 20 heavy (non-hydrogen) atoms. The highest BCUT2D eigenvalue weighted by molar-refractivity contribution is 7.89. The molecule has 112 valence electrons. The monoisotopic (exact) mass is 301 g/mol. The summed E-state index contributed by atoms with van der Waals surface area (Å²) in [5, 5.41) is 9.80. The standard InChI is InChI=1S/C12H19N3O4S/c1-3-12(2,17)7-15-20(18,19)10-5-4-8(11(14)16)6-9(10)13/h4-6,15,17H,3,7,13H2,1-2H3,(H2,14,16). The maximum atomic E-state index is 12.1. The van der Waals surface area contributed by atoms with Crippen LogP contribution >= 0.6 is 0 Å². The molecule has 0 fully saturated rings. The van der Waals surface area contributed by atoms with E-state index in [2.05, 4.69) is 4.72 Å². The second-order valence-corrected chi connectivity index (χ2v) is 6.53. The van der Waals surface area contributed by atoms with Crippen molar-refractivity contribution in [2.24, 2.45) is 5.73 Å². The summed E-state index contributed by atoms with van der Waals surface area (Å²) in [7, 11) is -3.86. The lowest BCUT2D eigenvalue weighted by atomic mass is 10.1. The van der Waals surface area contributed by atoms with Gasteiger partial charge >= 0.3 is 0 Å². The number of carbonyl (C=O) groups is 1. The molecule has 1 rings (SSSR count). The van der Waals surface area contributed by atoms with Gasteiger partial charge in [0.15, 0.2) is 0 Å². The average molecular weight is 301 g/mol. The molecule has 0 aliphatic carbocycles. The summed E-state index contributed by atoms with van der Waals surface area (Å²) >= 11 is 0. The van der Waals surface area contributed by atoms with E-state index in [0.717, 1.165) is 0 Å². The molecule has 7 nitrogen and oxygen atoms in total. The lowest BCUT2D eigenvalue weighted by Gasteiger charge is -2.21. The first-order valence-corrected chi connectivity index (χ1v) is 7.49.